The molecule has 0 fully saturated rings. The van der Waals surface area contributed by atoms with Crippen LogP contribution in [-0.2, 0) is 26.4 Å². The first-order chi connectivity index (χ1) is 19.0. The molecule has 3 nitrogen and oxygen atoms in total. The predicted octanol–water partition coefficient (Wildman–Crippen LogP) is 9.42. The molecule has 0 amide bonds. The van der Waals surface area contributed by atoms with Crippen LogP contribution in [0.1, 0.15) is 0 Å². The van der Waals surface area contributed by atoms with Crippen LogP contribution in [0.4, 0.5) is 13.2 Å². The van der Waals surface area contributed by atoms with Gasteiger partial charge in [-0.05, 0) is 40.8 Å². The summed E-state index contributed by atoms with van der Waals surface area (Å²) >= 11 is 1.67. The van der Waals surface area contributed by atoms with Crippen molar-refractivity contribution in [2.24, 2.45) is 0 Å². The van der Waals surface area contributed by atoms with Gasteiger partial charge in [-0.15, -0.1) is 18.6 Å². The Labute approximate surface area is 243 Å². The molecule has 4 aromatic heterocycles. The Morgan fingerprint density at radius 2 is 1.35 bits per heavy atom. The van der Waals surface area contributed by atoms with Crippen molar-refractivity contribution >= 4 is 59.8 Å². The zero-order valence-electron chi connectivity index (χ0n) is 20.5. The summed E-state index contributed by atoms with van der Waals surface area (Å²) in [5.74, 6) is 0. The molecule has 0 aliphatic rings. The van der Waals surface area contributed by atoms with Gasteiger partial charge in [-0.1, -0.05) is 76.8 Å². The number of para-hydroxylation sites is 2. The number of alkyl halides is 3. The normalized spacial score (nSPS) is 12.2. The molecule has 197 valence electrons. The molecule has 0 unspecified atom stereocenters. The number of nitrogens with zero attached hydrogens (tertiary/aromatic N) is 3. The average molecular weight is 725 g/mol. The number of thiophene rings is 1. The zero-order valence-corrected chi connectivity index (χ0v) is 23.7. The summed E-state index contributed by atoms with van der Waals surface area (Å²) in [7, 11) is 0. The topological polar surface area (TPSA) is 22.2 Å². The fourth-order valence-corrected chi connectivity index (χ4v) is 6.51. The van der Waals surface area contributed by atoms with E-state index >= 15 is 0 Å². The van der Waals surface area contributed by atoms with E-state index in [0.29, 0.717) is 15.3 Å². The molecule has 0 bridgehead atoms. The fraction of sp³-hybridized carbons (Fsp3) is 0.0312. The van der Waals surface area contributed by atoms with Crippen molar-refractivity contribution in [2.75, 3.05) is 0 Å². The monoisotopic (exact) mass is 725 g/mol. The standard InChI is InChI=1S/C32H17F3N3S.Ir/c33-32(34,35)38-28-8-4-1-5-22(28)25-17-21(13-14-29(25)38)19-9-11-20(12-10-19)26-18-37-27-7-3-2-6-23(27)30-24(15-16-39-30)31(37)36-26;/h1-14,16-18H;/q-1;. The van der Waals surface area contributed by atoms with Crippen LogP contribution in [-0.4, -0.2) is 14.0 Å². The molecule has 0 aliphatic carbocycles. The second kappa shape index (κ2) is 9.03. The first-order valence-electron chi connectivity index (χ1n) is 12.4. The molecular formula is C32H17F3IrN3S-. The quantitative estimate of drug-likeness (QED) is 0.163. The second-order valence-corrected chi connectivity index (χ2v) is 10.4. The van der Waals surface area contributed by atoms with Gasteiger partial charge < -0.3 is 4.40 Å². The van der Waals surface area contributed by atoms with Crippen molar-refractivity contribution in [3.05, 3.63) is 109 Å². The van der Waals surface area contributed by atoms with E-state index in [0.717, 1.165) is 38.9 Å². The van der Waals surface area contributed by atoms with Crippen molar-refractivity contribution in [1.82, 2.24) is 14.0 Å². The Kier molecular flexibility index (Phi) is 5.65. The molecule has 8 aromatic rings. The molecule has 8 heteroatoms. The van der Waals surface area contributed by atoms with Crippen LogP contribution >= 0.6 is 11.3 Å². The molecule has 8 rings (SSSR count). The van der Waals surface area contributed by atoms with Gasteiger partial charge in [0.15, 0.2) is 0 Å². The van der Waals surface area contributed by atoms with E-state index in [2.05, 4.69) is 28.8 Å². The summed E-state index contributed by atoms with van der Waals surface area (Å²) in [6, 6.07) is 31.5. The number of fused-ring (bicyclic) bond motifs is 9. The predicted molar refractivity (Wildman–Crippen MR) is 152 cm³/mol. The number of halogens is 3. The van der Waals surface area contributed by atoms with Crippen molar-refractivity contribution in [3.63, 3.8) is 0 Å². The number of aromatic nitrogens is 3. The van der Waals surface area contributed by atoms with Gasteiger partial charge in [0.2, 0.25) is 0 Å². The zero-order chi connectivity index (χ0) is 26.3. The van der Waals surface area contributed by atoms with Crippen LogP contribution in [0, 0.1) is 6.07 Å². The van der Waals surface area contributed by atoms with Gasteiger partial charge in [0, 0.05) is 53.8 Å². The summed E-state index contributed by atoms with van der Waals surface area (Å²) in [5, 5.41) is 5.31. The molecule has 4 aromatic carbocycles. The van der Waals surface area contributed by atoms with Crippen LogP contribution in [0.3, 0.4) is 0 Å². The van der Waals surface area contributed by atoms with Crippen LogP contribution in [0.2, 0.25) is 0 Å². The number of hydrogen-bond acceptors (Lipinski definition) is 2. The molecule has 0 atom stereocenters. The third-order valence-electron chi connectivity index (χ3n) is 7.38. The van der Waals surface area contributed by atoms with Gasteiger partial charge in [0.05, 0.1) is 16.7 Å². The number of pyridine rings is 1. The largest absolute Gasteiger partial charge is 0.489 e. The van der Waals surface area contributed by atoms with Crippen LogP contribution in [0.25, 0.3) is 70.8 Å². The van der Waals surface area contributed by atoms with E-state index in [1.54, 1.807) is 41.7 Å². The summed E-state index contributed by atoms with van der Waals surface area (Å²) < 4.78 is 45.4. The van der Waals surface area contributed by atoms with E-state index in [1.165, 1.54) is 16.2 Å². The molecule has 0 saturated carbocycles. The molecule has 0 aliphatic heterocycles. The number of imidazole rings is 1. The maximum absolute atomic E-state index is 13.9. The molecule has 0 N–H and O–H groups in total. The third-order valence-corrected chi connectivity index (χ3v) is 8.28. The van der Waals surface area contributed by atoms with Crippen LogP contribution in [0.5, 0.6) is 0 Å². The number of hydrogen-bond donors (Lipinski definition) is 0. The maximum Gasteiger partial charge on any atom is 0.489 e. The molecule has 0 saturated heterocycles. The molecule has 1 radical (unpaired) electrons. The SMILES string of the molecule is FC(F)(F)n1c2ccccc2c2cc(-c3ccc(-c4cn5c6ccccc6c6sc[c-]c6c5n4)cc3)ccc21.[Ir]. The Balaban J connectivity index is 0.00000264. The Morgan fingerprint density at radius 1 is 0.700 bits per heavy atom. The minimum absolute atomic E-state index is 0. The van der Waals surface area contributed by atoms with Crippen molar-refractivity contribution in [1.29, 1.82) is 0 Å². The van der Waals surface area contributed by atoms with Crippen molar-refractivity contribution in [2.45, 2.75) is 6.30 Å². The fourth-order valence-electron chi connectivity index (χ4n) is 5.65. The van der Waals surface area contributed by atoms with Crippen molar-refractivity contribution in [3.8, 4) is 22.4 Å². The average Bonchev–Trinajstić information content (AvgIpc) is 3.68. The van der Waals surface area contributed by atoms with Crippen LogP contribution < -0.4 is 0 Å². The molecule has 40 heavy (non-hydrogen) atoms. The maximum atomic E-state index is 13.9. The van der Waals surface area contributed by atoms with E-state index in [1.807, 2.05) is 47.8 Å². The summed E-state index contributed by atoms with van der Waals surface area (Å²) in [4.78, 5) is 4.97. The molecule has 0 spiro atoms. The Morgan fingerprint density at radius 3 is 2.12 bits per heavy atom. The third kappa shape index (κ3) is 3.64. The van der Waals surface area contributed by atoms with Gasteiger partial charge >= 0.3 is 6.30 Å². The van der Waals surface area contributed by atoms with E-state index in [9.17, 15) is 13.2 Å². The first-order valence-corrected chi connectivity index (χ1v) is 13.3. The first kappa shape index (κ1) is 25.0. The Hall–Kier alpha value is -3.97. The van der Waals surface area contributed by atoms with Crippen LogP contribution in [0.15, 0.2) is 103 Å². The Bertz CT molecular complexity index is 2220. The number of rotatable bonds is 2. The number of benzene rings is 4. The van der Waals surface area contributed by atoms with Gasteiger partial charge in [-0.3, -0.25) is 9.55 Å². The van der Waals surface area contributed by atoms with Gasteiger partial charge in [-0.2, -0.15) is 6.07 Å². The minimum Gasteiger partial charge on any atom is -0.353 e. The van der Waals surface area contributed by atoms with E-state index < -0.39 is 6.30 Å². The molecule has 4 heterocycles. The minimum atomic E-state index is -4.50. The van der Waals surface area contributed by atoms with Gasteiger partial charge in [0.1, 0.15) is 0 Å². The van der Waals surface area contributed by atoms with Crippen molar-refractivity contribution < 1.29 is 33.3 Å². The van der Waals surface area contributed by atoms with Gasteiger partial charge in [-0.25, -0.2) is 11.3 Å². The summed E-state index contributed by atoms with van der Waals surface area (Å²) in [6.45, 7) is 0. The summed E-state index contributed by atoms with van der Waals surface area (Å²) in [5.41, 5.74) is 5.86. The summed E-state index contributed by atoms with van der Waals surface area (Å²) in [6.07, 6.45) is -2.45. The smallest absolute Gasteiger partial charge is 0.353 e. The van der Waals surface area contributed by atoms with E-state index in [-0.39, 0.29) is 31.1 Å². The van der Waals surface area contributed by atoms with E-state index in [4.69, 9.17) is 4.98 Å². The molecular weight excluding hydrogens is 708 g/mol. The second-order valence-electron chi connectivity index (χ2n) is 9.55. The van der Waals surface area contributed by atoms with Gasteiger partial charge in [0.25, 0.3) is 0 Å².